The molecule has 5 rings (SSSR count). The molecule has 2 amide bonds. The maximum Gasteiger partial charge on any atom is 0.315 e. The van der Waals surface area contributed by atoms with Crippen molar-refractivity contribution in [3.05, 3.63) is 131 Å². The summed E-state index contributed by atoms with van der Waals surface area (Å²) in [5, 5.41) is 6.08. The van der Waals surface area contributed by atoms with E-state index in [0.717, 1.165) is 23.1 Å². The van der Waals surface area contributed by atoms with E-state index in [1.807, 2.05) is 97.1 Å². The third-order valence-electron chi connectivity index (χ3n) is 6.52. The SMILES string of the molecule is O=C(NCCc1ccc(OCc2ccccc2)c(OCc2ccccc2)c1)NC1CC1c1ccccc1. The van der Waals surface area contributed by atoms with Gasteiger partial charge in [-0.25, -0.2) is 4.79 Å². The zero-order valence-electron chi connectivity index (χ0n) is 20.8. The Morgan fingerprint density at radius 3 is 1.95 bits per heavy atom. The Labute approximate surface area is 218 Å². The van der Waals surface area contributed by atoms with Crippen LogP contribution < -0.4 is 20.1 Å². The minimum absolute atomic E-state index is 0.119. The molecule has 1 fully saturated rings. The van der Waals surface area contributed by atoms with Crippen molar-refractivity contribution in [2.24, 2.45) is 0 Å². The molecule has 1 aliphatic rings. The Balaban J connectivity index is 1.15. The predicted molar refractivity (Wildman–Crippen MR) is 146 cm³/mol. The number of ether oxygens (including phenoxy) is 2. The van der Waals surface area contributed by atoms with Crippen molar-refractivity contribution in [3.8, 4) is 11.5 Å². The zero-order valence-corrected chi connectivity index (χ0v) is 20.8. The molecule has 4 aromatic carbocycles. The molecular formula is C32H32N2O3. The van der Waals surface area contributed by atoms with Crippen LogP contribution in [0.2, 0.25) is 0 Å². The first-order valence-electron chi connectivity index (χ1n) is 12.8. The van der Waals surface area contributed by atoms with E-state index in [1.54, 1.807) is 0 Å². The standard InChI is InChI=1S/C32H32N2O3/c35-32(34-29-21-28(29)27-14-8-3-9-15-27)33-19-18-24-16-17-30(36-22-25-10-4-1-5-11-25)31(20-24)37-23-26-12-6-2-7-13-26/h1-17,20,28-29H,18-19,21-23H2,(H2,33,34,35). The van der Waals surface area contributed by atoms with E-state index < -0.39 is 0 Å². The zero-order chi connectivity index (χ0) is 25.3. The summed E-state index contributed by atoms with van der Waals surface area (Å²) < 4.78 is 12.3. The van der Waals surface area contributed by atoms with Gasteiger partial charge in [0.1, 0.15) is 13.2 Å². The lowest BCUT2D eigenvalue weighted by atomic mass is 10.1. The Kier molecular flexibility index (Phi) is 8.01. The fourth-order valence-electron chi connectivity index (χ4n) is 4.37. The van der Waals surface area contributed by atoms with Gasteiger partial charge in [-0.2, -0.15) is 0 Å². The fraction of sp³-hybridized carbons (Fsp3) is 0.219. The van der Waals surface area contributed by atoms with Crippen LogP contribution in [0.15, 0.2) is 109 Å². The maximum absolute atomic E-state index is 12.4. The molecule has 188 valence electrons. The number of carbonyl (C=O) groups excluding carboxylic acids is 1. The minimum Gasteiger partial charge on any atom is -0.485 e. The van der Waals surface area contributed by atoms with Crippen LogP contribution in [0.1, 0.15) is 34.6 Å². The van der Waals surface area contributed by atoms with Crippen LogP contribution in [0.4, 0.5) is 4.79 Å². The minimum atomic E-state index is -0.119. The fourth-order valence-corrected chi connectivity index (χ4v) is 4.37. The molecule has 5 nitrogen and oxygen atoms in total. The summed E-state index contributed by atoms with van der Waals surface area (Å²) in [7, 11) is 0. The van der Waals surface area contributed by atoms with E-state index in [4.69, 9.17) is 9.47 Å². The lowest BCUT2D eigenvalue weighted by molar-refractivity contribution is 0.240. The van der Waals surface area contributed by atoms with Gasteiger partial charge in [-0.05, 0) is 47.2 Å². The van der Waals surface area contributed by atoms with Crippen LogP contribution >= 0.6 is 0 Å². The summed E-state index contributed by atoms with van der Waals surface area (Å²) in [6.07, 6.45) is 1.69. The van der Waals surface area contributed by atoms with Crippen molar-refractivity contribution >= 4 is 6.03 Å². The molecule has 4 aromatic rings. The molecule has 0 saturated heterocycles. The van der Waals surface area contributed by atoms with E-state index in [-0.39, 0.29) is 12.1 Å². The van der Waals surface area contributed by atoms with Gasteiger partial charge in [-0.15, -0.1) is 0 Å². The average Bonchev–Trinajstić information content (AvgIpc) is 3.72. The monoisotopic (exact) mass is 492 g/mol. The summed E-state index contributed by atoms with van der Waals surface area (Å²) in [4.78, 5) is 12.4. The molecule has 2 atom stereocenters. The molecule has 5 heteroatoms. The predicted octanol–water partition coefficient (Wildman–Crippen LogP) is 6.24. The van der Waals surface area contributed by atoms with Gasteiger partial charge in [0.25, 0.3) is 0 Å². The number of carbonyl (C=O) groups is 1. The van der Waals surface area contributed by atoms with Gasteiger partial charge in [-0.1, -0.05) is 97.1 Å². The van der Waals surface area contributed by atoms with Crippen molar-refractivity contribution in [2.45, 2.75) is 38.0 Å². The highest BCUT2D eigenvalue weighted by atomic mass is 16.5. The van der Waals surface area contributed by atoms with Crippen molar-refractivity contribution < 1.29 is 14.3 Å². The summed E-state index contributed by atoms with van der Waals surface area (Å²) in [5.74, 6) is 1.82. The first-order chi connectivity index (χ1) is 18.2. The smallest absolute Gasteiger partial charge is 0.315 e. The highest BCUT2D eigenvalue weighted by Crippen LogP contribution is 2.40. The van der Waals surface area contributed by atoms with Crippen LogP contribution in [0.3, 0.4) is 0 Å². The molecule has 0 heterocycles. The lowest BCUT2D eigenvalue weighted by Crippen LogP contribution is -2.38. The quantitative estimate of drug-likeness (QED) is 0.260. The van der Waals surface area contributed by atoms with Gasteiger partial charge in [0.05, 0.1) is 0 Å². The summed E-state index contributed by atoms with van der Waals surface area (Å²) in [6.45, 7) is 1.46. The Morgan fingerprint density at radius 1 is 0.703 bits per heavy atom. The Bertz CT molecular complexity index is 1280. The number of hydrogen-bond acceptors (Lipinski definition) is 3. The molecule has 37 heavy (non-hydrogen) atoms. The second kappa shape index (κ2) is 12.1. The third kappa shape index (κ3) is 7.14. The van der Waals surface area contributed by atoms with Crippen LogP contribution in [-0.4, -0.2) is 18.6 Å². The van der Waals surface area contributed by atoms with Gasteiger partial charge in [0, 0.05) is 18.5 Å². The number of benzene rings is 4. The highest BCUT2D eigenvalue weighted by Gasteiger charge is 2.39. The van der Waals surface area contributed by atoms with Crippen molar-refractivity contribution in [2.75, 3.05) is 6.54 Å². The molecule has 0 aromatic heterocycles. The largest absolute Gasteiger partial charge is 0.485 e. The second-order valence-corrected chi connectivity index (χ2v) is 9.34. The van der Waals surface area contributed by atoms with E-state index >= 15 is 0 Å². The normalized spacial score (nSPS) is 16.0. The molecular weight excluding hydrogens is 460 g/mol. The first-order valence-corrected chi connectivity index (χ1v) is 12.8. The van der Waals surface area contributed by atoms with Crippen molar-refractivity contribution in [1.82, 2.24) is 10.6 Å². The van der Waals surface area contributed by atoms with Crippen LogP contribution in [0, 0.1) is 0 Å². The van der Waals surface area contributed by atoms with Crippen molar-refractivity contribution in [3.63, 3.8) is 0 Å². The highest BCUT2D eigenvalue weighted by molar-refractivity contribution is 5.75. The van der Waals surface area contributed by atoms with Gasteiger partial charge < -0.3 is 20.1 Å². The molecule has 2 unspecified atom stereocenters. The van der Waals surface area contributed by atoms with Gasteiger partial charge in [-0.3, -0.25) is 0 Å². The molecule has 0 aliphatic heterocycles. The maximum atomic E-state index is 12.4. The first kappa shape index (κ1) is 24.4. The number of nitrogens with one attached hydrogen (secondary N) is 2. The topological polar surface area (TPSA) is 59.6 Å². The van der Waals surface area contributed by atoms with Gasteiger partial charge >= 0.3 is 6.03 Å². The number of hydrogen-bond donors (Lipinski definition) is 2. The second-order valence-electron chi connectivity index (χ2n) is 9.34. The van der Waals surface area contributed by atoms with Crippen molar-refractivity contribution in [1.29, 1.82) is 0 Å². The molecule has 2 N–H and O–H groups in total. The Morgan fingerprint density at radius 2 is 1.30 bits per heavy atom. The van der Waals surface area contributed by atoms with Crippen LogP contribution in [0.25, 0.3) is 0 Å². The number of amides is 2. The van der Waals surface area contributed by atoms with Gasteiger partial charge in [0.15, 0.2) is 11.5 Å². The summed E-state index contributed by atoms with van der Waals surface area (Å²) in [5.41, 5.74) is 4.55. The average molecular weight is 493 g/mol. The van der Waals surface area contributed by atoms with E-state index in [0.29, 0.717) is 43.6 Å². The third-order valence-corrected chi connectivity index (χ3v) is 6.52. The Hall–Kier alpha value is -4.25. The van der Waals surface area contributed by atoms with E-state index in [2.05, 4.69) is 22.8 Å². The molecule has 1 saturated carbocycles. The number of rotatable bonds is 11. The molecule has 0 radical (unpaired) electrons. The van der Waals surface area contributed by atoms with Gasteiger partial charge in [0.2, 0.25) is 0 Å². The lowest BCUT2D eigenvalue weighted by Gasteiger charge is -2.15. The van der Waals surface area contributed by atoms with Crippen LogP contribution in [-0.2, 0) is 19.6 Å². The van der Waals surface area contributed by atoms with E-state index in [1.165, 1.54) is 5.56 Å². The summed E-state index contributed by atoms with van der Waals surface area (Å²) in [6, 6.07) is 36.6. The summed E-state index contributed by atoms with van der Waals surface area (Å²) >= 11 is 0. The molecule has 0 spiro atoms. The number of urea groups is 1. The van der Waals surface area contributed by atoms with E-state index in [9.17, 15) is 4.79 Å². The molecule has 0 bridgehead atoms. The molecule has 1 aliphatic carbocycles. The van der Waals surface area contributed by atoms with Crippen LogP contribution in [0.5, 0.6) is 11.5 Å².